The molecule has 0 saturated heterocycles. The van der Waals surface area contributed by atoms with Crippen LogP contribution in [0.15, 0.2) is 54.6 Å². The molecular weight excluding hydrogens is 340 g/mol. The molecule has 0 aliphatic carbocycles. The third-order valence-electron chi connectivity index (χ3n) is 4.55. The molecule has 0 fully saturated rings. The van der Waals surface area contributed by atoms with Crippen LogP contribution < -0.4 is 10.1 Å². The number of amides is 2. The minimum atomic E-state index is -0.0594. The molecule has 142 valence electrons. The van der Waals surface area contributed by atoms with Gasteiger partial charge in [0.2, 0.25) is 0 Å². The zero-order valence-corrected chi connectivity index (χ0v) is 15.6. The molecule has 0 unspecified atom stereocenters. The molecule has 1 aliphatic heterocycles. The summed E-state index contributed by atoms with van der Waals surface area (Å²) in [5.41, 5.74) is 3.32. The standard InChI is InChI=1S/C22H26N2O3/c1-2-14-27-21-5-3-4-17(15-21)16-23-22(26)24-12-10-19(11-13-24)18-6-8-20(25)9-7-18/h3-10,15,25H,2,11-14,16H2,1H3,(H,23,26). The molecule has 5 nitrogen and oxygen atoms in total. The number of nitrogens with one attached hydrogen (secondary N) is 1. The van der Waals surface area contributed by atoms with Crippen molar-refractivity contribution >= 4 is 11.6 Å². The fraction of sp³-hybridized carbons (Fsp3) is 0.318. The van der Waals surface area contributed by atoms with Crippen LogP contribution in [0.1, 0.15) is 30.9 Å². The monoisotopic (exact) mass is 366 g/mol. The Morgan fingerprint density at radius 2 is 2.04 bits per heavy atom. The number of phenols is 1. The van der Waals surface area contributed by atoms with Gasteiger partial charge in [-0.25, -0.2) is 4.79 Å². The number of hydrogen-bond donors (Lipinski definition) is 2. The fourth-order valence-electron chi connectivity index (χ4n) is 3.05. The highest BCUT2D eigenvalue weighted by Crippen LogP contribution is 2.24. The van der Waals surface area contributed by atoms with E-state index in [4.69, 9.17) is 4.74 Å². The van der Waals surface area contributed by atoms with Crippen LogP contribution in [0.5, 0.6) is 11.5 Å². The van der Waals surface area contributed by atoms with E-state index in [0.29, 0.717) is 26.2 Å². The molecule has 0 atom stereocenters. The SMILES string of the molecule is CCCOc1cccc(CNC(=O)N2CC=C(c3ccc(O)cc3)CC2)c1. The van der Waals surface area contributed by atoms with Crippen molar-refractivity contribution in [2.45, 2.75) is 26.3 Å². The molecule has 2 N–H and O–H groups in total. The van der Waals surface area contributed by atoms with Crippen LogP contribution in [-0.4, -0.2) is 35.7 Å². The predicted molar refractivity (Wildman–Crippen MR) is 107 cm³/mol. The molecule has 3 rings (SSSR count). The Labute approximate surface area is 160 Å². The average Bonchev–Trinajstić information content (AvgIpc) is 2.71. The van der Waals surface area contributed by atoms with E-state index in [0.717, 1.165) is 29.7 Å². The number of benzene rings is 2. The molecule has 2 amide bonds. The number of carbonyl (C=O) groups is 1. The van der Waals surface area contributed by atoms with Crippen molar-refractivity contribution in [1.29, 1.82) is 0 Å². The third-order valence-corrected chi connectivity index (χ3v) is 4.55. The number of phenolic OH excluding ortho intramolecular Hbond substituents is 1. The van der Waals surface area contributed by atoms with E-state index in [2.05, 4.69) is 18.3 Å². The van der Waals surface area contributed by atoms with Gasteiger partial charge in [-0.15, -0.1) is 0 Å². The van der Waals surface area contributed by atoms with Crippen LogP contribution in [0, 0.1) is 0 Å². The molecule has 0 spiro atoms. The fourth-order valence-corrected chi connectivity index (χ4v) is 3.05. The number of hydrogen-bond acceptors (Lipinski definition) is 3. The Bertz CT molecular complexity index is 799. The van der Waals surface area contributed by atoms with Gasteiger partial charge in [-0.2, -0.15) is 0 Å². The van der Waals surface area contributed by atoms with Crippen molar-refractivity contribution in [3.63, 3.8) is 0 Å². The molecular formula is C22H26N2O3. The summed E-state index contributed by atoms with van der Waals surface area (Å²) < 4.78 is 5.63. The van der Waals surface area contributed by atoms with Crippen molar-refractivity contribution in [1.82, 2.24) is 10.2 Å². The van der Waals surface area contributed by atoms with Crippen molar-refractivity contribution in [2.75, 3.05) is 19.7 Å². The number of urea groups is 1. The van der Waals surface area contributed by atoms with Crippen molar-refractivity contribution in [2.24, 2.45) is 0 Å². The van der Waals surface area contributed by atoms with Crippen LogP contribution in [-0.2, 0) is 6.54 Å². The van der Waals surface area contributed by atoms with E-state index in [1.165, 1.54) is 5.57 Å². The lowest BCUT2D eigenvalue weighted by Gasteiger charge is -2.27. The number of carbonyl (C=O) groups excluding carboxylic acids is 1. The first-order chi connectivity index (χ1) is 13.2. The summed E-state index contributed by atoms with van der Waals surface area (Å²) in [6.45, 7) is 4.51. The largest absolute Gasteiger partial charge is 0.508 e. The number of nitrogens with zero attached hydrogens (tertiary/aromatic N) is 1. The quantitative estimate of drug-likeness (QED) is 0.806. The maximum atomic E-state index is 12.4. The average molecular weight is 366 g/mol. The Morgan fingerprint density at radius 1 is 1.22 bits per heavy atom. The van der Waals surface area contributed by atoms with Crippen LogP contribution in [0.2, 0.25) is 0 Å². The van der Waals surface area contributed by atoms with Gasteiger partial charge < -0.3 is 20.1 Å². The topological polar surface area (TPSA) is 61.8 Å². The minimum Gasteiger partial charge on any atom is -0.508 e. The van der Waals surface area contributed by atoms with E-state index in [1.54, 1.807) is 17.0 Å². The molecule has 1 aliphatic rings. The highest BCUT2D eigenvalue weighted by Gasteiger charge is 2.17. The van der Waals surface area contributed by atoms with Gasteiger partial charge in [0.1, 0.15) is 11.5 Å². The summed E-state index contributed by atoms with van der Waals surface area (Å²) in [5.74, 6) is 1.10. The van der Waals surface area contributed by atoms with Gasteiger partial charge in [0.05, 0.1) is 6.61 Å². The van der Waals surface area contributed by atoms with Gasteiger partial charge >= 0.3 is 6.03 Å². The van der Waals surface area contributed by atoms with Crippen LogP contribution in [0.3, 0.4) is 0 Å². The second-order valence-corrected chi connectivity index (χ2v) is 6.63. The van der Waals surface area contributed by atoms with Gasteiger partial charge in [0.15, 0.2) is 0 Å². The lowest BCUT2D eigenvalue weighted by Crippen LogP contribution is -2.41. The van der Waals surface area contributed by atoms with E-state index in [1.807, 2.05) is 36.4 Å². The van der Waals surface area contributed by atoms with E-state index >= 15 is 0 Å². The highest BCUT2D eigenvalue weighted by atomic mass is 16.5. The van der Waals surface area contributed by atoms with E-state index in [-0.39, 0.29) is 11.8 Å². The molecule has 0 aromatic heterocycles. The lowest BCUT2D eigenvalue weighted by atomic mass is 9.99. The Hall–Kier alpha value is -2.95. The van der Waals surface area contributed by atoms with Gasteiger partial charge in [-0.05, 0) is 53.8 Å². The molecule has 1 heterocycles. The van der Waals surface area contributed by atoms with Gasteiger partial charge in [0.25, 0.3) is 0 Å². The summed E-state index contributed by atoms with van der Waals surface area (Å²) in [7, 11) is 0. The van der Waals surface area contributed by atoms with Gasteiger partial charge in [-0.1, -0.05) is 37.3 Å². The van der Waals surface area contributed by atoms with Crippen LogP contribution >= 0.6 is 0 Å². The number of ether oxygens (including phenoxy) is 1. The third kappa shape index (κ3) is 5.26. The predicted octanol–water partition coefficient (Wildman–Crippen LogP) is 4.18. The first-order valence-electron chi connectivity index (χ1n) is 9.38. The Kier molecular flexibility index (Phi) is 6.36. The minimum absolute atomic E-state index is 0.0594. The maximum absolute atomic E-state index is 12.4. The first kappa shape index (κ1) is 18.8. The first-order valence-corrected chi connectivity index (χ1v) is 9.38. The molecule has 2 aromatic rings. The number of aromatic hydroxyl groups is 1. The van der Waals surface area contributed by atoms with Crippen molar-refractivity contribution in [3.05, 3.63) is 65.7 Å². The molecule has 0 radical (unpaired) electrons. The molecule has 0 saturated carbocycles. The van der Waals surface area contributed by atoms with E-state index < -0.39 is 0 Å². The van der Waals surface area contributed by atoms with E-state index in [9.17, 15) is 9.90 Å². The van der Waals surface area contributed by atoms with Crippen LogP contribution in [0.25, 0.3) is 5.57 Å². The Morgan fingerprint density at radius 3 is 2.74 bits per heavy atom. The maximum Gasteiger partial charge on any atom is 0.317 e. The normalized spacial score (nSPS) is 13.8. The van der Waals surface area contributed by atoms with Gasteiger partial charge in [-0.3, -0.25) is 0 Å². The Balaban J connectivity index is 1.51. The molecule has 0 bridgehead atoms. The lowest BCUT2D eigenvalue weighted by molar-refractivity contribution is 0.202. The molecule has 27 heavy (non-hydrogen) atoms. The van der Waals surface area contributed by atoms with Gasteiger partial charge in [0, 0.05) is 19.6 Å². The van der Waals surface area contributed by atoms with Crippen molar-refractivity contribution < 1.29 is 14.6 Å². The molecule has 2 aromatic carbocycles. The summed E-state index contributed by atoms with van der Waals surface area (Å²) in [6.07, 6.45) is 3.85. The summed E-state index contributed by atoms with van der Waals surface area (Å²) >= 11 is 0. The zero-order valence-electron chi connectivity index (χ0n) is 15.6. The second kappa shape index (κ2) is 9.12. The summed E-state index contributed by atoms with van der Waals surface area (Å²) in [6, 6.07) is 15.0. The smallest absolute Gasteiger partial charge is 0.317 e. The number of rotatable bonds is 6. The highest BCUT2D eigenvalue weighted by molar-refractivity contribution is 5.76. The second-order valence-electron chi connectivity index (χ2n) is 6.63. The molecule has 5 heteroatoms. The zero-order chi connectivity index (χ0) is 19.1. The summed E-state index contributed by atoms with van der Waals surface area (Å²) in [4.78, 5) is 14.2. The van der Waals surface area contributed by atoms with Crippen molar-refractivity contribution in [3.8, 4) is 11.5 Å². The van der Waals surface area contributed by atoms with Crippen LogP contribution in [0.4, 0.5) is 4.79 Å². The summed E-state index contributed by atoms with van der Waals surface area (Å²) in [5, 5.41) is 12.4.